The topological polar surface area (TPSA) is 29.9 Å². The van der Waals surface area contributed by atoms with Crippen molar-refractivity contribution in [1.82, 2.24) is 15.1 Å². The molecule has 0 fully saturated rings. The average molecular weight is 322 g/mol. The molecule has 0 saturated carbocycles. The minimum absolute atomic E-state index is 0.176. The molecule has 0 bridgehead atoms. The number of rotatable bonds is 6. The summed E-state index contributed by atoms with van der Waals surface area (Å²) in [7, 11) is 0. The van der Waals surface area contributed by atoms with Crippen LogP contribution >= 0.6 is 15.9 Å². The van der Waals surface area contributed by atoms with Crippen LogP contribution in [0.4, 0.5) is 0 Å². The highest BCUT2D eigenvalue weighted by molar-refractivity contribution is 9.10. The molecule has 2 aromatic rings. The van der Waals surface area contributed by atoms with Crippen molar-refractivity contribution in [3.05, 3.63) is 52.3 Å². The van der Waals surface area contributed by atoms with E-state index in [-0.39, 0.29) is 6.04 Å². The number of benzene rings is 1. The third-order valence-corrected chi connectivity index (χ3v) is 3.69. The molecule has 1 heterocycles. The fourth-order valence-corrected chi connectivity index (χ4v) is 2.80. The standard InChI is InChI=1S/C15H20BrN3/c1-3-10-19-15(13(16)11-18-19)14(17-4-2)12-8-6-5-7-9-12/h5-9,11,14,17H,3-4,10H2,1-2H3. The van der Waals surface area contributed by atoms with Crippen molar-refractivity contribution >= 4 is 15.9 Å². The fraction of sp³-hybridized carbons (Fsp3) is 0.400. The molecule has 1 aromatic carbocycles. The zero-order chi connectivity index (χ0) is 13.7. The Labute approximate surface area is 123 Å². The van der Waals surface area contributed by atoms with Crippen molar-refractivity contribution in [2.75, 3.05) is 6.54 Å². The highest BCUT2D eigenvalue weighted by Crippen LogP contribution is 2.28. The summed E-state index contributed by atoms with van der Waals surface area (Å²) < 4.78 is 3.15. The van der Waals surface area contributed by atoms with Gasteiger partial charge in [0.15, 0.2) is 0 Å². The lowest BCUT2D eigenvalue weighted by molar-refractivity contribution is 0.519. The summed E-state index contributed by atoms with van der Waals surface area (Å²) in [6.07, 6.45) is 2.97. The number of aryl methyl sites for hydroxylation is 1. The van der Waals surface area contributed by atoms with E-state index < -0.39 is 0 Å². The first-order valence-corrected chi connectivity index (χ1v) is 7.56. The molecule has 0 aliphatic carbocycles. The van der Waals surface area contributed by atoms with Gasteiger partial charge in [0.05, 0.1) is 22.4 Å². The van der Waals surface area contributed by atoms with Gasteiger partial charge in [-0.05, 0) is 34.5 Å². The lowest BCUT2D eigenvalue weighted by Crippen LogP contribution is -2.25. The summed E-state index contributed by atoms with van der Waals surface area (Å²) >= 11 is 3.63. The Bertz CT molecular complexity index is 507. The third-order valence-electron chi connectivity index (χ3n) is 3.08. The number of nitrogens with zero attached hydrogens (tertiary/aromatic N) is 2. The van der Waals surface area contributed by atoms with Crippen molar-refractivity contribution in [2.24, 2.45) is 0 Å². The quantitative estimate of drug-likeness (QED) is 0.878. The van der Waals surface area contributed by atoms with E-state index in [9.17, 15) is 0 Å². The molecule has 1 N–H and O–H groups in total. The Hall–Kier alpha value is -1.13. The largest absolute Gasteiger partial charge is 0.305 e. The van der Waals surface area contributed by atoms with Crippen LogP contribution in [0.5, 0.6) is 0 Å². The molecular formula is C15H20BrN3. The molecule has 0 saturated heterocycles. The van der Waals surface area contributed by atoms with E-state index in [0.717, 1.165) is 24.0 Å². The van der Waals surface area contributed by atoms with Crippen molar-refractivity contribution in [1.29, 1.82) is 0 Å². The van der Waals surface area contributed by atoms with Gasteiger partial charge in [-0.2, -0.15) is 5.10 Å². The molecule has 1 aromatic heterocycles. The lowest BCUT2D eigenvalue weighted by Gasteiger charge is -2.20. The second kappa shape index (κ2) is 6.87. The van der Waals surface area contributed by atoms with E-state index in [2.05, 4.69) is 69.1 Å². The molecule has 0 amide bonds. The third kappa shape index (κ3) is 3.25. The van der Waals surface area contributed by atoms with Crippen LogP contribution in [0.1, 0.15) is 37.6 Å². The van der Waals surface area contributed by atoms with E-state index in [1.54, 1.807) is 0 Å². The van der Waals surface area contributed by atoms with Crippen LogP contribution < -0.4 is 5.32 Å². The van der Waals surface area contributed by atoms with Crippen LogP contribution in [0.15, 0.2) is 41.0 Å². The molecule has 3 nitrogen and oxygen atoms in total. The van der Waals surface area contributed by atoms with Gasteiger partial charge in [-0.15, -0.1) is 0 Å². The maximum absolute atomic E-state index is 4.46. The summed E-state index contributed by atoms with van der Waals surface area (Å²) in [4.78, 5) is 0. The lowest BCUT2D eigenvalue weighted by atomic mass is 10.0. The average Bonchev–Trinajstić information content (AvgIpc) is 2.79. The van der Waals surface area contributed by atoms with Gasteiger partial charge in [-0.1, -0.05) is 44.2 Å². The fourth-order valence-electron chi connectivity index (χ4n) is 2.27. The Morgan fingerprint density at radius 1 is 1.26 bits per heavy atom. The van der Waals surface area contributed by atoms with E-state index in [0.29, 0.717) is 0 Å². The van der Waals surface area contributed by atoms with Gasteiger partial charge in [0.2, 0.25) is 0 Å². The SMILES string of the molecule is CCCn1ncc(Br)c1C(NCC)c1ccccc1. The van der Waals surface area contributed by atoms with Crippen molar-refractivity contribution in [3.8, 4) is 0 Å². The first-order valence-electron chi connectivity index (χ1n) is 6.77. The Morgan fingerprint density at radius 2 is 2.00 bits per heavy atom. The molecule has 0 radical (unpaired) electrons. The monoisotopic (exact) mass is 321 g/mol. The number of aromatic nitrogens is 2. The van der Waals surface area contributed by atoms with Gasteiger partial charge in [0.25, 0.3) is 0 Å². The van der Waals surface area contributed by atoms with Crippen LogP contribution in [0.2, 0.25) is 0 Å². The molecule has 102 valence electrons. The van der Waals surface area contributed by atoms with Gasteiger partial charge in [0.1, 0.15) is 0 Å². The van der Waals surface area contributed by atoms with E-state index >= 15 is 0 Å². The molecule has 0 aliphatic rings. The first-order chi connectivity index (χ1) is 9.27. The Morgan fingerprint density at radius 3 is 2.63 bits per heavy atom. The second-order valence-corrected chi connectivity index (χ2v) is 5.36. The Kier molecular flexibility index (Phi) is 5.16. The summed E-state index contributed by atoms with van der Waals surface area (Å²) in [5, 5.41) is 8.01. The summed E-state index contributed by atoms with van der Waals surface area (Å²) in [6, 6.07) is 10.7. The number of hydrogen-bond donors (Lipinski definition) is 1. The number of hydrogen-bond acceptors (Lipinski definition) is 2. The van der Waals surface area contributed by atoms with Gasteiger partial charge in [0, 0.05) is 6.54 Å². The predicted octanol–water partition coefficient (Wildman–Crippen LogP) is 3.75. The summed E-state index contributed by atoms with van der Waals surface area (Å²) in [5.41, 5.74) is 2.47. The summed E-state index contributed by atoms with van der Waals surface area (Å²) in [5.74, 6) is 0. The second-order valence-electron chi connectivity index (χ2n) is 4.50. The highest BCUT2D eigenvalue weighted by atomic mass is 79.9. The van der Waals surface area contributed by atoms with Crippen LogP contribution in [-0.4, -0.2) is 16.3 Å². The van der Waals surface area contributed by atoms with Crippen LogP contribution in [0.25, 0.3) is 0 Å². The molecule has 2 rings (SSSR count). The molecule has 1 atom stereocenters. The van der Waals surface area contributed by atoms with Crippen LogP contribution in [0, 0.1) is 0 Å². The normalized spacial score (nSPS) is 12.6. The smallest absolute Gasteiger partial charge is 0.0759 e. The van der Waals surface area contributed by atoms with E-state index in [1.807, 2.05) is 12.3 Å². The van der Waals surface area contributed by atoms with Crippen molar-refractivity contribution in [2.45, 2.75) is 32.9 Å². The predicted molar refractivity (Wildman–Crippen MR) is 82.2 cm³/mol. The highest BCUT2D eigenvalue weighted by Gasteiger charge is 2.20. The Balaban J connectivity index is 2.42. The van der Waals surface area contributed by atoms with Crippen LogP contribution in [0.3, 0.4) is 0 Å². The molecule has 0 aliphatic heterocycles. The van der Waals surface area contributed by atoms with Gasteiger partial charge < -0.3 is 5.32 Å². The minimum atomic E-state index is 0.176. The van der Waals surface area contributed by atoms with Crippen molar-refractivity contribution < 1.29 is 0 Å². The molecule has 1 unspecified atom stereocenters. The molecule has 19 heavy (non-hydrogen) atoms. The molecule has 4 heteroatoms. The maximum Gasteiger partial charge on any atom is 0.0759 e. The van der Waals surface area contributed by atoms with Crippen molar-refractivity contribution in [3.63, 3.8) is 0 Å². The molecule has 0 spiro atoms. The maximum atomic E-state index is 4.46. The zero-order valence-corrected chi connectivity index (χ0v) is 13.0. The minimum Gasteiger partial charge on any atom is -0.305 e. The zero-order valence-electron chi connectivity index (χ0n) is 11.4. The van der Waals surface area contributed by atoms with E-state index in [4.69, 9.17) is 0 Å². The van der Waals surface area contributed by atoms with Gasteiger partial charge >= 0.3 is 0 Å². The van der Waals surface area contributed by atoms with Gasteiger partial charge in [-0.3, -0.25) is 4.68 Å². The summed E-state index contributed by atoms with van der Waals surface area (Å²) in [6.45, 7) is 6.16. The van der Waals surface area contributed by atoms with Gasteiger partial charge in [-0.25, -0.2) is 0 Å². The molecular weight excluding hydrogens is 302 g/mol. The number of nitrogens with one attached hydrogen (secondary N) is 1. The van der Waals surface area contributed by atoms with E-state index in [1.165, 1.54) is 11.3 Å². The first kappa shape index (κ1) is 14.3. The van der Waals surface area contributed by atoms with Crippen LogP contribution in [-0.2, 0) is 6.54 Å². The number of halogens is 1.